The van der Waals surface area contributed by atoms with Crippen molar-refractivity contribution in [3.63, 3.8) is 0 Å². The summed E-state index contributed by atoms with van der Waals surface area (Å²) in [5.41, 5.74) is 0.0714. The minimum Gasteiger partial charge on any atom is -0.290 e. The molecular formula is C7H15ClO2S. The Morgan fingerprint density at radius 3 is 2.36 bits per heavy atom. The van der Waals surface area contributed by atoms with Crippen LogP contribution in [0.25, 0.3) is 0 Å². The van der Waals surface area contributed by atoms with E-state index in [-0.39, 0.29) is 5.41 Å². The smallest absolute Gasteiger partial charge is 0.156 e. The largest absolute Gasteiger partial charge is 0.290 e. The summed E-state index contributed by atoms with van der Waals surface area (Å²) in [7, 11) is 0. The topological polar surface area (TPSA) is 26.3 Å². The van der Waals surface area contributed by atoms with E-state index in [1.54, 1.807) is 0 Å². The maximum Gasteiger partial charge on any atom is 0.156 e. The Morgan fingerprint density at radius 2 is 2.00 bits per heavy atom. The van der Waals surface area contributed by atoms with Gasteiger partial charge in [0.15, 0.2) is 11.1 Å². The molecule has 0 aliphatic heterocycles. The van der Waals surface area contributed by atoms with Crippen molar-refractivity contribution in [3.05, 3.63) is 0 Å². The first kappa shape index (κ1) is 11.4. The van der Waals surface area contributed by atoms with Crippen LogP contribution in [0.15, 0.2) is 0 Å². The van der Waals surface area contributed by atoms with Crippen LogP contribution in [-0.4, -0.2) is 22.4 Å². The van der Waals surface area contributed by atoms with E-state index in [9.17, 15) is 4.21 Å². The molecule has 0 aliphatic carbocycles. The third-order valence-corrected chi connectivity index (χ3v) is 2.20. The minimum absolute atomic E-state index is 0.0714. The van der Waals surface area contributed by atoms with E-state index in [2.05, 4.69) is 0 Å². The van der Waals surface area contributed by atoms with Gasteiger partial charge in [-0.3, -0.25) is 4.18 Å². The Bertz CT molecular complexity index is 131. The van der Waals surface area contributed by atoms with Crippen molar-refractivity contribution in [2.24, 2.45) is 5.41 Å². The highest BCUT2D eigenvalue weighted by Crippen LogP contribution is 2.13. The third kappa shape index (κ3) is 8.30. The van der Waals surface area contributed by atoms with E-state index in [1.807, 2.05) is 20.8 Å². The Labute approximate surface area is 75.9 Å². The molecule has 0 aromatic heterocycles. The summed E-state index contributed by atoms with van der Waals surface area (Å²) in [4.78, 5) is 0. The molecule has 0 heterocycles. The Morgan fingerprint density at radius 1 is 1.45 bits per heavy atom. The van der Waals surface area contributed by atoms with E-state index >= 15 is 0 Å². The van der Waals surface area contributed by atoms with Crippen LogP contribution in [0.1, 0.15) is 20.8 Å². The molecule has 0 aliphatic rings. The first-order valence-corrected chi connectivity index (χ1v) is 5.31. The fraction of sp³-hybridized carbons (Fsp3) is 1.00. The molecule has 0 bridgehead atoms. The molecule has 68 valence electrons. The molecule has 1 unspecified atom stereocenters. The van der Waals surface area contributed by atoms with Gasteiger partial charge in [-0.2, -0.15) is 0 Å². The monoisotopic (exact) mass is 198 g/mol. The summed E-state index contributed by atoms with van der Waals surface area (Å²) in [6.07, 6.45) is 0. The SMILES string of the molecule is CC(C)(C)COS(=O)CCCl. The van der Waals surface area contributed by atoms with Crippen LogP contribution in [0.2, 0.25) is 0 Å². The Balaban J connectivity index is 3.46. The van der Waals surface area contributed by atoms with Crippen LogP contribution in [-0.2, 0) is 15.3 Å². The van der Waals surface area contributed by atoms with Gasteiger partial charge < -0.3 is 0 Å². The van der Waals surface area contributed by atoms with Crippen molar-refractivity contribution in [3.8, 4) is 0 Å². The average Bonchev–Trinajstić information content (AvgIpc) is 1.83. The number of alkyl halides is 1. The molecule has 0 fully saturated rings. The molecule has 0 aromatic carbocycles. The van der Waals surface area contributed by atoms with Gasteiger partial charge in [0, 0.05) is 5.88 Å². The molecule has 0 radical (unpaired) electrons. The summed E-state index contributed by atoms with van der Waals surface area (Å²) in [5.74, 6) is 0.800. The first-order valence-electron chi connectivity index (χ1n) is 3.53. The molecule has 0 rings (SSSR count). The predicted molar refractivity (Wildman–Crippen MR) is 49.1 cm³/mol. The van der Waals surface area contributed by atoms with Crippen molar-refractivity contribution < 1.29 is 8.39 Å². The second-order valence-electron chi connectivity index (χ2n) is 3.52. The lowest BCUT2D eigenvalue weighted by Crippen LogP contribution is -2.17. The standard InChI is InChI=1S/C7H15ClO2S/c1-7(2,3)6-10-11(9)5-4-8/h4-6H2,1-3H3. The van der Waals surface area contributed by atoms with E-state index < -0.39 is 11.1 Å². The summed E-state index contributed by atoms with van der Waals surface area (Å²) >= 11 is 4.17. The summed E-state index contributed by atoms with van der Waals surface area (Å²) < 4.78 is 15.9. The molecule has 1 atom stereocenters. The maximum absolute atomic E-state index is 10.9. The predicted octanol–water partition coefficient (Wildman–Crippen LogP) is 1.95. The highest BCUT2D eigenvalue weighted by Gasteiger charge is 2.12. The second-order valence-corrected chi connectivity index (χ2v) is 5.15. The van der Waals surface area contributed by atoms with Crippen molar-refractivity contribution >= 4 is 22.7 Å². The first-order chi connectivity index (χ1) is 4.95. The normalized spacial score (nSPS) is 14.9. The lowest BCUT2D eigenvalue weighted by molar-refractivity contribution is 0.216. The Hall–Kier alpha value is 0.400. The lowest BCUT2D eigenvalue weighted by atomic mass is 9.99. The second kappa shape index (κ2) is 5.12. The lowest BCUT2D eigenvalue weighted by Gasteiger charge is -2.16. The van der Waals surface area contributed by atoms with Crippen LogP contribution in [0.3, 0.4) is 0 Å². The van der Waals surface area contributed by atoms with Crippen molar-refractivity contribution in [1.29, 1.82) is 0 Å². The molecule has 0 saturated carbocycles. The molecule has 0 aromatic rings. The molecule has 2 nitrogen and oxygen atoms in total. The zero-order chi connectivity index (χ0) is 8.91. The summed E-state index contributed by atoms with van der Waals surface area (Å²) in [6, 6.07) is 0. The van der Waals surface area contributed by atoms with Crippen LogP contribution in [0, 0.1) is 5.41 Å². The van der Waals surface area contributed by atoms with Crippen LogP contribution in [0.5, 0.6) is 0 Å². The Kier molecular flexibility index (Phi) is 5.30. The van der Waals surface area contributed by atoms with Gasteiger partial charge in [0.05, 0.1) is 12.4 Å². The highest BCUT2D eigenvalue weighted by atomic mass is 35.5. The van der Waals surface area contributed by atoms with Crippen molar-refractivity contribution in [2.45, 2.75) is 20.8 Å². The third-order valence-electron chi connectivity index (χ3n) is 0.867. The zero-order valence-corrected chi connectivity index (χ0v) is 8.80. The molecule has 0 amide bonds. The van der Waals surface area contributed by atoms with E-state index in [1.165, 1.54) is 0 Å². The van der Waals surface area contributed by atoms with E-state index in [4.69, 9.17) is 15.8 Å². The van der Waals surface area contributed by atoms with Gasteiger partial charge >= 0.3 is 0 Å². The van der Waals surface area contributed by atoms with Gasteiger partial charge in [-0.1, -0.05) is 20.8 Å². The number of hydrogen-bond donors (Lipinski definition) is 0. The fourth-order valence-corrected chi connectivity index (χ4v) is 1.47. The number of halogens is 1. The quantitative estimate of drug-likeness (QED) is 0.646. The molecule has 0 spiro atoms. The van der Waals surface area contributed by atoms with Crippen LogP contribution < -0.4 is 0 Å². The molecule has 11 heavy (non-hydrogen) atoms. The summed E-state index contributed by atoms with van der Waals surface area (Å²) in [6.45, 7) is 6.61. The van der Waals surface area contributed by atoms with Crippen molar-refractivity contribution in [1.82, 2.24) is 0 Å². The maximum atomic E-state index is 10.9. The van der Waals surface area contributed by atoms with Gasteiger partial charge in [-0.15, -0.1) is 11.6 Å². The van der Waals surface area contributed by atoms with E-state index in [0.29, 0.717) is 18.2 Å². The van der Waals surface area contributed by atoms with E-state index in [0.717, 1.165) is 0 Å². The van der Waals surface area contributed by atoms with Crippen molar-refractivity contribution in [2.75, 3.05) is 18.2 Å². The van der Waals surface area contributed by atoms with Gasteiger partial charge in [-0.25, -0.2) is 4.21 Å². The highest BCUT2D eigenvalue weighted by molar-refractivity contribution is 7.80. The molecule has 0 saturated heterocycles. The van der Waals surface area contributed by atoms with Gasteiger partial charge in [0.2, 0.25) is 0 Å². The van der Waals surface area contributed by atoms with Gasteiger partial charge in [0.1, 0.15) is 0 Å². The van der Waals surface area contributed by atoms with Crippen LogP contribution in [0.4, 0.5) is 0 Å². The van der Waals surface area contributed by atoms with Crippen LogP contribution >= 0.6 is 11.6 Å². The minimum atomic E-state index is -1.20. The average molecular weight is 199 g/mol. The molecule has 4 heteroatoms. The number of rotatable bonds is 4. The zero-order valence-electron chi connectivity index (χ0n) is 7.22. The van der Waals surface area contributed by atoms with Gasteiger partial charge in [0.25, 0.3) is 0 Å². The van der Waals surface area contributed by atoms with Gasteiger partial charge in [-0.05, 0) is 5.41 Å². The molecular weight excluding hydrogens is 184 g/mol. The fourth-order valence-electron chi connectivity index (χ4n) is 0.364. The number of hydrogen-bond acceptors (Lipinski definition) is 2. The summed E-state index contributed by atoms with van der Waals surface area (Å²) in [5, 5.41) is 0. The molecule has 0 N–H and O–H groups in total.